The second-order valence-corrected chi connectivity index (χ2v) is 6.63. The van der Waals surface area contributed by atoms with Crippen LogP contribution in [0.1, 0.15) is 40.0 Å². The van der Waals surface area contributed by atoms with Gasteiger partial charge in [0.2, 0.25) is 0 Å². The zero-order chi connectivity index (χ0) is 17.2. The van der Waals surface area contributed by atoms with Crippen LogP contribution in [0.3, 0.4) is 0 Å². The molecule has 0 aromatic rings. The summed E-state index contributed by atoms with van der Waals surface area (Å²) in [6, 6.07) is 2.07. The quantitative estimate of drug-likeness (QED) is 0.556. The van der Waals surface area contributed by atoms with Crippen molar-refractivity contribution < 1.29 is 28.6 Å². The van der Waals surface area contributed by atoms with Gasteiger partial charge >= 0.3 is 17.9 Å². The van der Waals surface area contributed by atoms with Crippen molar-refractivity contribution in [3.8, 4) is 6.07 Å². The first-order chi connectivity index (χ1) is 10.8. The van der Waals surface area contributed by atoms with E-state index in [0.717, 1.165) is 0 Å². The maximum absolute atomic E-state index is 11.9. The fourth-order valence-corrected chi connectivity index (χ4v) is 2.69. The largest absolute Gasteiger partial charge is 0.458 e. The summed E-state index contributed by atoms with van der Waals surface area (Å²) in [6.45, 7) is 4.84. The van der Waals surface area contributed by atoms with Crippen LogP contribution >= 0.6 is 0 Å². The molecule has 0 amide bonds. The van der Waals surface area contributed by atoms with E-state index in [-0.39, 0.29) is 6.42 Å². The molecule has 0 spiro atoms. The Bertz CT molecular complexity index is 549. The van der Waals surface area contributed by atoms with Crippen molar-refractivity contribution in [2.24, 2.45) is 17.3 Å². The summed E-state index contributed by atoms with van der Waals surface area (Å²) in [5.74, 6) is -2.52. The number of carbonyl (C=O) groups excluding carboxylic acids is 3. The summed E-state index contributed by atoms with van der Waals surface area (Å²) in [7, 11) is 0. The summed E-state index contributed by atoms with van der Waals surface area (Å²) < 4.78 is 15.4. The van der Waals surface area contributed by atoms with Gasteiger partial charge in [-0.3, -0.25) is 9.59 Å². The average Bonchev–Trinajstić information content (AvgIpc) is 2.85. The van der Waals surface area contributed by atoms with Crippen LogP contribution in [-0.4, -0.2) is 36.7 Å². The monoisotopic (exact) mass is 323 g/mol. The molecular weight excluding hydrogens is 302 g/mol. The molecule has 4 unspecified atom stereocenters. The summed E-state index contributed by atoms with van der Waals surface area (Å²) in [4.78, 5) is 35.3. The number of rotatable bonds is 5. The van der Waals surface area contributed by atoms with Crippen molar-refractivity contribution in [1.29, 1.82) is 5.26 Å². The first kappa shape index (κ1) is 17.3. The van der Waals surface area contributed by atoms with Gasteiger partial charge in [-0.15, -0.1) is 0 Å². The highest BCUT2D eigenvalue weighted by Crippen LogP contribution is 2.39. The van der Waals surface area contributed by atoms with Gasteiger partial charge in [0.1, 0.15) is 12.2 Å². The number of fused-ring (bicyclic) bond motifs is 2. The van der Waals surface area contributed by atoms with E-state index in [1.807, 2.05) is 6.92 Å². The molecule has 0 aromatic heterocycles. The van der Waals surface area contributed by atoms with Crippen LogP contribution in [0.5, 0.6) is 0 Å². The van der Waals surface area contributed by atoms with E-state index in [9.17, 15) is 14.4 Å². The Balaban J connectivity index is 1.87. The van der Waals surface area contributed by atoms with Gasteiger partial charge in [0.05, 0.1) is 23.3 Å². The van der Waals surface area contributed by atoms with Crippen molar-refractivity contribution in [1.82, 2.24) is 0 Å². The lowest BCUT2D eigenvalue weighted by molar-refractivity contribution is -0.172. The molecule has 1 saturated carbocycles. The molecule has 0 N–H and O–H groups in total. The molecular formula is C16H21NO6. The molecule has 1 aliphatic carbocycles. The normalized spacial score (nSPS) is 29.4. The fraction of sp³-hybridized carbons (Fsp3) is 0.750. The van der Waals surface area contributed by atoms with Crippen LogP contribution in [0.4, 0.5) is 0 Å². The third-order valence-corrected chi connectivity index (χ3v) is 4.65. The topological polar surface area (TPSA) is 103 Å². The van der Waals surface area contributed by atoms with Gasteiger partial charge in [-0.2, -0.15) is 5.26 Å². The van der Waals surface area contributed by atoms with Crippen molar-refractivity contribution in [3.05, 3.63) is 0 Å². The van der Waals surface area contributed by atoms with Crippen LogP contribution in [0.25, 0.3) is 0 Å². The Morgan fingerprint density at radius 1 is 1.39 bits per heavy atom. The molecule has 2 fully saturated rings. The number of ether oxygens (including phenoxy) is 3. The predicted octanol–water partition coefficient (Wildman–Crippen LogP) is 1.35. The molecule has 23 heavy (non-hydrogen) atoms. The van der Waals surface area contributed by atoms with E-state index in [1.165, 1.54) is 0 Å². The van der Waals surface area contributed by atoms with Gasteiger partial charge in [-0.25, -0.2) is 4.79 Å². The molecule has 2 aliphatic rings. The van der Waals surface area contributed by atoms with Gasteiger partial charge in [-0.05, 0) is 20.3 Å². The Hall–Kier alpha value is -2.10. The molecule has 0 aromatic carbocycles. The summed E-state index contributed by atoms with van der Waals surface area (Å²) in [5, 5.41) is 9.11. The number of carbonyl (C=O) groups is 3. The van der Waals surface area contributed by atoms with E-state index in [2.05, 4.69) is 6.07 Å². The van der Waals surface area contributed by atoms with E-state index in [1.54, 1.807) is 13.8 Å². The molecule has 2 bridgehead atoms. The third-order valence-electron chi connectivity index (χ3n) is 4.65. The molecule has 1 aliphatic heterocycles. The maximum atomic E-state index is 11.9. The molecule has 0 radical (unpaired) electrons. The predicted molar refractivity (Wildman–Crippen MR) is 76.6 cm³/mol. The lowest BCUT2D eigenvalue weighted by atomic mass is 9.79. The van der Waals surface area contributed by atoms with Crippen molar-refractivity contribution in [3.63, 3.8) is 0 Å². The number of esters is 3. The molecule has 7 heteroatoms. The highest BCUT2D eigenvalue weighted by molar-refractivity contribution is 5.80. The Labute approximate surface area is 134 Å². The van der Waals surface area contributed by atoms with Crippen LogP contribution in [0.15, 0.2) is 0 Å². The zero-order valence-corrected chi connectivity index (χ0v) is 13.5. The minimum Gasteiger partial charge on any atom is -0.458 e. The molecule has 7 nitrogen and oxygen atoms in total. The maximum Gasteiger partial charge on any atom is 0.344 e. The van der Waals surface area contributed by atoms with Crippen molar-refractivity contribution >= 4 is 17.9 Å². The third kappa shape index (κ3) is 3.63. The van der Waals surface area contributed by atoms with E-state index in [0.29, 0.717) is 12.8 Å². The lowest BCUT2D eigenvalue weighted by Gasteiger charge is -2.28. The first-order valence-corrected chi connectivity index (χ1v) is 7.75. The van der Waals surface area contributed by atoms with Crippen LogP contribution in [-0.2, 0) is 28.6 Å². The highest BCUT2D eigenvalue weighted by atomic mass is 16.6. The minimum atomic E-state index is -0.701. The Morgan fingerprint density at radius 3 is 2.70 bits per heavy atom. The minimum absolute atomic E-state index is 0.262. The van der Waals surface area contributed by atoms with Crippen molar-refractivity contribution in [2.45, 2.75) is 52.2 Å². The van der Waals surface area contributed by atoms with Gasteiger partial charge in [0.25, 0.3) is 0 Å². The number of hydrogen-bond acceptors (Lipinski definition) is 7. The summed E-state index contributed by atoms with van der Waals surface area (Å²) >= 11 is 0. The van der Waals surface area contributed by atoms with Gasteiger partial charge in [-0.1, -0.05) is 6.92 Å². The number of hydrogen-bond donors (Lipinski definition) is 0. The van der Waals surface area contributed by atoms with Crippen molar-refractivity contribution in [2.75, 3.05) is 6.61 Å². The Morgan fingerprint density at radius 2 is 2.09 bits per heavy atom. The summed E-state index contributed by atoms with van der Waals surface area (Å²) in [6.07, 6.45) is 0.0684. The van der Waals surface area contributed by atoms with Gasteiger partial charge < -0.3 is 14.2 Å². The van der Waals surface area contributed by atoms with Gasteiger partial charge in [0.15, 0.2) is 6.61 Å². The number of nitriles is 1. The highest BCUT2D eigenvalue weighted by Gasteiger charge is 2.50. The average molecular weight is 323 g/mol. The molecule has 126 valence electrons. The van der Waals surface area contributed by atoms with E-state index >= 15 is 0 Å². The lowest BCUT2D eigenvalue weighted by Crippen LogP contribution is -2.38. The second kappa shape index (κ2) is 6.57. The van der Waals surface area contributed by atoms with Crippen LogP contribution < -0.4 is 0 Å². The fourth-order valence-electron chi connectivity index (χ4n) is 2.69. The van der Waals surface area contributed by atoms with Gasteiger partial charge in [0, 0.05) is 12.8 Å². The van der Waals surface area contributed by atoms with E-state index in [4.69, 9.17) is 19.5 Å². The molecule has 1 saturated heterocycles. The smallest absolute Gasteiger partial charge is 0.344 e. The van der Waals surface area contributed by atoms with Crippen LogP contribution in [0.2, 0.25) is 0 Å². The number of nitrogens with zero attached hydrogens (tertiary/aromatic N) is 1. The molecule has 4 atom stereocenters. The molecule has 1 heterocycles. The van der Waals surface area contributed by atoms with E-state index < -0.39 is 54.0 Å². The second-order valence-electron chi connectivity index (χ2n) is 6.63. The summed E-state index contributed by atoms with van der Waals surface area (Å²) in [5.41, 5.74) is -0.661. The zero-order valence-electron chi connectivity index (χ0n) is 13.5. The first-order valence-electron chi connectivity index (χ1n) is 7.75. The molecule has 2 rings (SSSR count). The Kier molecular flexibility index (Phi) is 4.93. The van der Waals surface area contributed by atoms with Crippen LogP contribution in [0, 0.1) is 28.6 Å². The standard InChI is InChI=1S/C16H21NO6/c1-4-16(2,3)15(20)21-8-13(18)22-11-5-9(7-17)10-6-12(11)23-14(10)19/h9-12H,4-6,8H2,1-3H3. The SMILES string of the molecule is CCC(C)(C)C(=O)OCC(=O)OC1CC(C#N)C2CC1OC2=O.